The normalized spacial score (nSPS) is 10.9. The first kappa shape index (κ1) is 19.6. The zero-order valence-electron chi connectivity index (χ0n) is 13.9. The Morgan fingerprint density at radius 1 is 1.15 bits per heavy atom. The summed E-state index contributed by atoms with van der Waals surface area (Å²) in [4.78, 5) is 10.1. The highest BCUT2D eigenvalue weighted by Gasteiger charge is 2.19. The molecule has 0 aromatic heterocycles. The highest BCUT2D eigenvalue weighted by Crippen LogP contribution is 2.26. The van der Waals surface area contributed by atoms with E-state index in [9.17, 15) is 18.5 Å². The minimum atomic E-state index is -4.05. The second kappa shape index (κ2) is 7.64. The van der Waals surface area contributed by atoms with Crippen LogP contribution in [-0.2, 0) is 10.0 Å². The summed E-state index contributed by atoms with van der Waals surface area (Å²) in [6, 6.07) is 8.95. The summed E-state index contributed by atoms with van der Waals surface area (Å²) < 4.78 is 22.7. The van der Waals surface area contributed by atoms with Crippen molar-refractivity contribution in [3.8, 4) is 0 Å². The Bertz CT molecular complexity index is 976. The van der Waals surface area contributed by atoms with Crippen molar-refractivity contribution >= 4 is 44.4 Å². The molecule has 2 rings (SSSR count). The summed E-state index contributed by atoms with van der Waals surface area (Å²) in [5.74, 6) is 0. The highest BCUT2D eigenvalue weighted by molar-refractivity contribution is 7.89. The first-order chi connectivity index (χ1) is 12.1. The van der Waals surface area contributed by atoms with Gasteiger partial charge in [-0.05, 0) is 61.5 Å². The van der Waals surface area contributed by atoms with Gasteiger partial charge in [0.1, 0.15) is 5.69 Å². The quantitative estimate of drug-likeness (QED) is 0.343. The number of hydrazine groups is 1. The van der Waals surface area contributed by atoms with E-state index in [2.05, 4.69) is 16.2 Å². The molecule has 0 radical (unpaired) electrons. The molecule has 0 aliphatic heterocycles. The number of sulfonamides is 1. The van der Waals surface area contributed by atoms with Crippen molar-refractivity contribution in [1.29, 1.82) is 0 Å². The molecule has 0 aliphatic rings. The number of rotatable bonds is 5. The topological polar surface area (TPSA) is 139 Å². The van der Waals surface area contributed by atoms with Crippen LogP contribution in [0, 0.1) is 24.0 Å². The van der Waals surface area contributed by atoms with Gasteiger partial charge >= 0.3 is 0 Å². The van der Waals surface area contributed by atoms with Gasteiger partial charge in [0, 0.05) is 11.8 Å². The fraction of sp³-hybridized carbons (Fsp3) is 0.133. The zero-order chi connectivity index (χ0) is 19.5. The van der Waals surface area contributed by atoms with E-state index in [1.807, 2.05) is 32.0 Å². The Morgan fingerprint density at radius 2 is 1.85 bits per heavy atom. The fourth-order valence-electron chi connectivity index (χ4n) is 2.05. The lowest BCUT2D eigenvalue weighted by Gasteiger charge is -2.14. The number of nitro groups is 1. The van der Waals surface area contributed by atoms with Gasteiger partial charge in [-0.25, -0.2) is 13.6 Å². The third kappa shape index (κ3) is 4.88. The van der Waals surface area contributed by atoms with Crippen LogP contribution in [0.15, 0.2) is 41.3 Å². The number of hydrogen-bond donors (Lipinski definition) is 4. The number of thiocarbonyl (C=S) groups is 1. The summed E-state index contributed by atoms with van der Waals surface area (Å²) in [7, 11) is -4.05. The van der Waals surface area contributed by atoms with Crippen LogP contribution < -0.4 is 21.3 Å². The van der Waals surface area contributed by atoms with Crippen molar-refractivity contribution in [2.45, 2.75) is 18.7 Å². The van der Waals surface area contributed by atoms with E-state index < -0.39 is 20.6 Å². The molecule has 0 saturated carbocycles. The van der Waals surface area contributed by atoms with Gasteiger partial charge in [0.25, 0.3) is 5.69 Å². The van der Waals surface area contributed by atoms with Crippen molar-refractivity contribution in [3.05, 3.63) is 57.6 Å². The van der Waals surface area contributed by atoms with Gasteiger partial charge in [-0.2, -0.15) is 0 Å². The molecule has 9 nitrogen and oxygen atoms in total. The molecule has 0 fully saturated rings. The SMILES string of the molecule is Cc1ccc(NC(=S)NNc2ccc(S(N)(=O)=O)cc2[N+](=O)[O-])cc1C. The molecule has 11 heteroatoms. The lowest BCUT2D eigenvalue weighted by atomic mass is 10.1. The Balaban J connectivity index is 2.11. The molecule has 0 heterocycles. The van der Waals surface area contributed by atoms with Gasteiger partial charge in [-0.1, -0.05) is 6.07 Å². The number of nitrogens with two attached hydrogens (primary N) is 1. The number of hydrogen-bond acceptors (Lipinski definition) is 6. The number of benzene rings is 2. The predicted octanol–water partition coefficient (Wildman–Crippen LogP) is 2.17. The van der Waals surface area contributed by atoms with Crippen molar-refractivity contribution in [1.82, 2.24) is 5.43 Å². The maximum atomic E-state index is 11.3. The monoisotopic (exact) mass is 395 g/mol. The average Bonchev–Trinajstić information content (AvgIpc) is 2.55. The Hall–Kier alpha value is -2.76. The van der Waals surface area contributed by atoms with Crippen LogP contribution >= 0.6 is 12.2 Å². The van der Waals surface area contributed by atoms with Gasteiger partial charge in [0.2, 0.25) is 10.0 Å². The van der Waals surface area contributed by atoms with E-state index in [1.165, 1.54) is 6.07 Å². The number of nitro benzene ring substituents is 1. The molecule has 0 spiro atoms. The third-order valence-corrected chi connectivity index (χ3v) is 4.69. The second-order valence-corrected chi connectivity index (χ2v) is 7.45. The Kier molecular flexibility index (Phi) is 5.75. The molecule has 26 heavy (non-hydrogen) atoms. The van der Waals surface area contributed by atoms with Crippen LogP contribution in [0.25, 0.3) is 0 Å². The third-order valence-electron chi connectivity index (χ3n) is 3.57. The first-order valence-corrected chi connectivity index (χ1v) is 9.25. The van der Waals surface area contributed by atoms with E-state index in [0.717, 1.165) is 28.9 Å². The van der Waals surface area contributed by atoms with Gasteiger partial charge in [0.05, 0.1) is 9.82 Å². The summed E-state index contributed by atoms with van der Waals surface area (Å²) >= 11 is 5.13. The summed E-state index contributed by atoms with van der Waals surface area (Å²) in [5.41, 5.74) is 7.76. The van der Waals surface area contributed by atoms with Gasteiger partial charge in [-0.15, -0.1) is 0 Å². The second-order valence-electron chi connectivity index (χ2n) is 5.48. The van der Waals surface area contributed by atoms with Crippen LogP contribution in [-0.4, -0.2) is 18.5 Å². The van der Waals surface area contributed by atoms with E-state index in [1.54, 1.807) is 0 Å². The number of nitrogens with one attached hydrogen (secondary N) is 3. The minimum Gasteiger partial charge on any atom is -0.331 e. The van der Waals surface area contributed by atoms with E-state index in [-0.39, 0.29) is 15.7 Å². The zero-order valence-corrected chi connectivity index (χ0v) is 15.6. The van der Waals surface area contributed by atoms with Crippen LogP contribution in [0.3, 0.4) is 0 Å². The molecule has 0 bridgehead atoms. The summed E-state index contributed by atoms with van der Waals surface area (Å²) in [6.45, 7) is 3.95. The van der Waals surface area contributed by atoms with Crippen molar-refractivity contribution in [2.75, 3.05) is 10.7 Å². The lowest BCUT2D eigenvalue weighted by molar-refractivity contribution is -0.384. The number of anilines is 2. The van der Waals surface area contributed by atoms with Crippen molar-refractivity contribution in [3.63, 3.8) is 0 Å². The number of aryl methyl sites for hydroxylation is 2. The molecule has 2 aromatic rings. The fourth-order valence-corrected chi connectivity index (χ4v) is 2.75. The molecule has 5 N–H and O–H groups in total. The van der Waals surface area contributed by atoms with E-state index >= 15 is 0 Å². The van der Waals surface area contributed by atoms with E-state index in [4.69, 9.17) is 17.4 Å². The summed E-state index contributed by atoms with van der Waals surface area (Å²) in [6.07, 6.45) is 0. The minimum absolute atomic E-state index is 0.0339. The molecular formula is C15H17N5O4S2. The molecular weight excluding hydrogens is 378 g/mol. The van der Waals surface area contributed by atoms with E-state index in [0.29, 0.717) is 0 Å². The molecule has 2 aromatic carbocycles. The van der Waals surface area contributed by atoms with Crippen molar-refractivity contribution in [2.24, 2.45) is 5.14 Å². The summed E-state index contributed by atoms with van der Waals surface area (Å²) in [5, 5.41) is 19.3. The largest absolute Gasteiger partial charge is 0.331 e. The number of primary sulfonamides is 1. The van der Waals surface area contributed by atoms with Gasteiger partial charge in [-0.3, -0.25) is 21.0 Å². The first-order valence-electron chi connectivity index (χ1n) is 7.29. The van der Waals surface area contributed by atoms with Crippen LogP contribution in [0.1, 0.15) is 11.1 Å². The standard InChI is InChI=1S/C15H17N5O4S2/c1-9-3-4-11(7-10(9)2)17-15(25)19-18-13-6-5-12(26(16,23)24)8-14(13)20(21)22/h3-8,18H,1-2H3,(H2,16,23,24)(H2,17,19,25). The highest BCUT2D eigenvalue weighted by atomic mass is 32.2. The Morgan fingerprint density at radius 3 is 2.42 bits per heavy atom. The van der Waals surface area contributed by atoms with Crippen LogP contribution in [0.4, 0.5) is 17.1 Å². The van der Waals surface area contributed by atoms with Crippen molar-refractivity contribution < 1.29 is 13.3 Å². The predicted molar refractivity (Wildman–Crippen MR) is 103 cm³/mol. The molecule has 0 saturated heterocycles. The lowest BCUT2D eigenvalue weighted by Crippen LogP contribution is -2.33. The molecule has 138 valence electrons. The average molecular weight is 395 g/mol. The van der Waals surface area contributed by atoms with Gasteiger partial charge in [0.15, 0.2) is 5.11 Å². The number of nitrogens with zero attached hydrogens (tertiary/aromatic N) is 1. The molecule has 0 atom stereocenters. The smallest absolute Gasteiger partial charge is 0.295 e. The van der Waals surface area contributed by atoms with Gasteiger partial charge < -0.3 is 5.32 Å². The van der Waals surface area contributed by atoms with Crippen LogP contribution in [0.5, 0.6) is 0 Å². The Labute approximate surface area is 155 Å². The molecule has 0 unspecified atom stereocenters. The molecule has 0 aliphatic carbocycles. The van der Waals surface area contributed by atoms with Crippen LogP contribution in [0.2, 0.25) is 0 Å². The molecule has 0 amide bonds. The maximum absolute atomic E-state index is 11.3. The maximum Gasteiger partial charge on any atom is 0.295 e.